The minimum absolute atomic E-state index is 0. The Morgan fingerprint density at radius 3 is 2.58 bits per heavy atom. The number of ether oxygens (including phenoxy) is 4. The number of amides is 3. The number of benzene rings is 1. The minimum Gasteiger partial charge on any atom is -0.451 e. The van der Waals surface area contributed by atoms with Crippen LogP contribution in [-0.2, 0) is 30.4 Å². The molecular formula is C34H41F2N5O11. The zero-order valence-corrected chi connectivity index (χ0v) is 29.1. The maximum Gasteiger partial charge on any atom is 0.511 e. The Balaban J connectivity index is 0.00000206. The van der Waals surface area contributed by atoms with Gasteiger partial charge in [0.15, 0.2) is 11.3 Å². The number of carbonyl (C=O) groups excluding carboxylic acids is 5. The summed E-state index contributed by atoms with van der Waals surface area (Å²) >= 11 is 0. The van der Waals surface area contributed by atoms with Gasteiger partial charge in [0, 0.05) is 51.9 Å². The summed E-state index contributed by atoms with van der Waals surface area (Å²) in [6, 6.07) is 2.00. The lowest BCUT2D eigenvalue weighted by molar-refractivity contribution is -0.0980. The zero-order valence-electron chi connectivity index (χ0n) is 29.1. The number of nitrogens with zero attached hydrogens (tertiary/aromatic N) is 4. The number of carbonyl (C=O) groups is 5. The monoisotopic (exact) mass is 733 g/mol. The molecule has 0 aliphatic carbocycles. The summed E-state index contributed by atoms with van der Waals surface area (Å²) in [5.41, 5.74) is -2.72. The average Bonchev–Trinajstić information content (AvgIpc) is 3.61. The number of halogens is 2. The van der Waals surface area contributed by atoms with Gasteiger partial charge >= 0.3 is 12.2 Å². The molecule has 18 heteroatoms. The number of rotatable bonds is 9. The van der Waals surface area contributed by atoms with E-state index in [9.17, 15) is 32.8 Å². The molecular weight excluding hydrogens is 692 g/mol. The second-order valence-corrected chi connectivity index (χ2v) is 13.0. The van der Waals surface area contributed by atoms with Gasteiger partial charge in [-0.05, 0) is 39.2 Å². The van der Waals surface area contributed by atoms with Gasteiger partial charge in [0.2, 0.25) is 18.0 Å². The van der Waals surface area contributed by atoms with Crippen LogP contribution in [0.15, 0.2) is 34.3 Å². The Labute approximate surface area is 298 Å². The molecule has 4 aliphatic heterocycles. The van der Waals surface area contributed by atoms with Gasteiger partial charge in [0.25, 0.3) is 11.8 Å². The summed E-state index contributed by atoms with van der Waals surface area (Å²) in [6.07, 6.45) is 1.42. The van der Waals surface area contributed by atoms with Crippen LogP contribution in [0.1, 0.15) is 80.3 Å². The predicted molar refractivity (Wildman–Crippen MR) is 178 cm³/mol. The van der Waals surface area contributed by atoms with Crippen molar-refractivity contribution in [3.05, 3.63) is 63.1 Å². The van der Waals surface area contributed by atoms with Gasteiger partial charge in [-0.15, -0.1) is 0 Å². The predicted octanol–water partition coefficient (Wildman–Crippen LogP) is 3.55. The maximum absolute atomic E-state index is 14.3. The number of fused-ring (bicyclic) bond motifs is 5. The normalized spacial score (nSPS) is 24.5. The highest BCUT2D eigenvalue weighted by Gasteiger charge is 2.54. The molecule has 1 aromatic heterocycles. The van der Waals surface area contributed by atoms with Crippen LogP contribution < -0.4 is 15.5 Å². The molecule has 3 amide bonds. The molecule has 5 heterocycles. The molecule has 6 rings (SSSR count). The highest BCUT2D eigenvalue weighted by molar-refractivity contribution is 5.99. The standard InChI is InChI=1S/C33H37F2N5O10.CH2O.H2/c1-5-32(15-46-30(44)38(32)4)16-47-31(45)49-17-48-27-25-29(43)39-14-24(33(9-8-19(39)3)11-18(2)37-50-33)40(25)13-22(26(27)41)28(42)36-12-20-6-7-21(34)10-23(20)35;1-2;/h6-7,10,13,19,24H,5,8-9,11-12,14-17H2,1-4H3,(H,36,42);1H2;1H/t19-,24+,32?,33-;;/m0../s1. The molecule has 1 spiro atoms. The van der Waals surface area contributed by atoms with E-state index in [1.165, 1.54) is 22.7 Å². The Morgan fingerprint density at radius 1 is 1.19 bits per heavy atom. The van der Waals surface area contributed by atoms with Gasteiger partial charge in [-0.2, -0.15) is 0 Å². The number of cyclic esters (lactones) is 1. The lowest BCUT2D eigenvalue weighted by Gasteiger charge is -2.42. The van der Waals surface area contributed by atoms with Gasteiger partial charge in [0.05, 0.1) is 11.8 Å². The van der Waals surface area contributed by atoms with Gasteiger partial charge < -0.3 is 43.4 Å². The molecule has 52 heavy (non-hydrogen) atoms. The van der Waals surface area contributed by atoms with Crippen molar-refractivity contribution < 1.29 is 58.0 Å². The SMILES string of the molecule is C=O.CCC1(COC(=O)OCOc2c3n(cc(C(=O)NCc4ccc(F)cc4F)c2=O)[C@@H]2CN(C3=O)[C@@H](C)CC[C@]23CC(C)=NO3)COC(=O)N1C.[HH]. The summed E-state index contributed by atoms with van der Waals surface area (Å²) in [5.74, 6) is -3.71. The third kappa shape index (κ3) is 6.88. The summed E-state index contributed by atoms with van der Waals surface area (Å²) in [5, 5.41) is 6.67. The van der Waals surface area contributed by atoms with Crippen molar-refractivity contribution >= 4 is 36.6 Å². The first-order chi connectivity index (χ1) is 24.8. The summed E-state index contributed by atoms with van der Waals surface area (Å²) in [4.78, 5) is 83.0. The van der Waals surface area contributed by atoms with Gasteiger partial charge in [-0.3, -0.25) is 19.3 Å². The molecule has 2 bridgehead atoms. The van der Waals surface area contributed by atoms with Crippen molar-refractivity contribution in [1.82, 2.24) is 19.7 Å². The molecule has 282 valence electrons. The number of nitrogens with one attached hydrogen (secondary N) is 1. The number of aromatic nitrogens is 1. The lowest BCUT2D eigenvalue weighted by Crippen LogP contribution is -2.52. The van der Waals surface area contributed by atoms with Crippen molar-refractivity contribution in [2.75, 3.05) is 33.6 Å². The second kappa shape index (κ2) is 15.0. The lowest BCUT2D eigenvalue weighted by atomic mass is 9.84. The fourth-order valence-corrected chi connectivity index (χ4v) is 6.88. The van der Waals surface area contributed by atoms with Crippen molar-refractivity contribution in [2.24, 2.45) is 5.16 Å². The Morgan fingerprint density at radius 2 is 1.94 bits per heavy atom. The van der Waals surface area contributed by atoms with Crippen LogP contribution in [0.3, 0.4) is 0 Å². The first kappa shape index (κ1) is 37.7. The Hall–Kier alpha value is -5.55. The van der Waals surface area contributed by atoms with Crippen LogP contribution in [-0.4, -0.2) is 102 Å². The van der Waals surface area contributed by atoms with E-state index in [0.717, 1.165) is 17.8 Å². The average molecular weight is 734 g/mol. The molecule has 0 radical (unpaired) electrons. The number of oxime groups is 1. The van der Waals surface area contributed by atoms with E-state index in [1.807, 2.05) is 20.6 Å². The molecule has 16 nitrogen and oxygen atoms in total. The smallest absolute Gasteiger partial charge is 0.451 e. The van der Waals surface area contributed by atoms with Crippen LogP contribution >= 0.6 is 0 Å². The van der Waals surface area contributed by atoms with E-state index in [-0.39, 0.29) is 45.0 Å². The largest absolute Gasteiger partial charge is 0.511 e. The van der Waals surface area contributed by atoms with Crippen LogP contribution in [0.2, 0.25) is 0 Å². The van der Waals surface area contributed by atoms with E-state index < -0.39 is 76.4 Å². The van der Waals surface area contributed by atoms with Crippen molar-refractivity contribution in [3.63, 3.8) is 0 Å². The molecule has 0 saturated carbocycles. The zero-order chi connectivity index (χ0) is 38.0. The molecule has 2 saturated heterocycles. The van der Waals surface area contributed by atoms with Crippen molar-refractivity contribution in [2.45, 2.75) is 76.2 Å². The van der Waals surface area contributed by atoms with Gasteiger partial charge in [0.1, 0.15) is 42.7 Å². The van der Waals surface area contributed by atoms with E-state index in [4.69, 9.17) is 28.6 Å². The summed E-state index contributed by atoms with van der Waals surface area (Å²) in [6.45, 7) is 6.17. The van der Waals surface area contributed by atoms with E-state index in [2.05, 4.69) is 10.5 Å². The van der Waals surface area contributed by atoms with E-state index in [0.29, 0.717) is 31.7 Å². The van der Waals surface area contributed by atoms with Crippen LogP contribution in [0.4, 0.5) is 18.4 Å². The highest BCUT2D eigenvalue weighted by Crippen LogP contribution is 2.46. The molecule has 1 N–H and O–H groups in total. The van der Waals surface area contributed by atoms with Crippen LogP contribution in [0.25, 0.3) is 0 Å². The highest BCUT2D eigenvalue weighted by atomic mass is 19.1. The molecule has 1 unspecified atom stereocenters. The molecule has 1 aromatic carbocycles. The molecule has 2 aromatic rings. The number of hydrogen-bond donors (Lipinski definition) is 1. The third-order valence-corrected chi connectivity index (χ3v) is 10.1. The van der Waals surface area contributed by atoms with E-state index in [1.54, 1.807) is 11.8 Å². The summed E-state index contributed by atoms with van der Waals surface area (Å²) in [7, 11) is 1.52. The minimum atomic E-state index is -1.18. The fourth-order valence-electron chi connectivity index (χ4n) is 6.88. The van der Waals surface area contributed by atoms with Gasteiger partial charge in [-0.25, -0.2) is 18.4 Å². The van der Waals surface area contributed by atoms with Crippen molar-refractivity contribution in [1.29, 1.82) is 0 Å². The Bertz CT molecular complexity index is 1860. The van der Waals surface area contributed by atoms with Gasteiger partial charge in [-0.1, -0.05) is 18.1 Å². The molecule has 2 fully saturated rings. The summed E-state index contributed by atoms with van der Waals surface area (Å²) < 4.78 is 50.3. The molecule has 4 atom stereocenters. The van der Waals surface area contributed by atoms with Crippen LogP contribution in [0.5, 0.6) is 5.75 Å². The Kier molecular flexibility index (Phi) is 10.9. The van der Waals surface area contributed by atoms with Crippen LogP contribution in [0, 0.1) is 11.6 Å². The van der Waals surface area contributed by atoms with E-state index >= 15 is 0 Å². The number of pyridine rings is 1. The number of likely N-dealkylation sites (N-methyl/N-ethyl adjacent to an activating group) is 1. The quantitative estimate of drug-likeness (QED) is 0.294. The second-order valence-electron chi connectivity index (χ2n) is 13.0. The maximum atomic E-state index is 14.3. The number of hydrogen-bond acceptors (Lipinski definition) is 12. The van der Waals surface area contributed by atoms with Crippen molar-refractivity contribution in [3.8, 4) is 5.75 Å². The molecule has 4 aliphatic rings. The first-order valence-corrected chi connectivity index (χ1v) is 16.4. The first-order valence-electron chi connectivity index (χ1n) is 16.4. The third-order valence-electron chi connectivity index (χ3n) is 10.1. The fraction of sp³-hybridized carbons (Fsp3) is 0.500. The topological polar surface area (TPSA) is 184 Å².